The number of benzene rings is 2. The van der Waals surface area contributed by atoms with E-state index in [0.29, 0.717) is 18.5 Å². The monoisotopic (exact) mass is 374 g/mol. The molecule has 0 atom stereocenters. The summed E-state index contributed by atoms with van der Waals surface area (Å²) in [6, 6.07) is 10.6. The fourth-order valence-electron chi connectivity index (χ4n) is 3.19. The minimum absolute atomic E-state index is 0.0893. The van der Waals surface area contributed by atoms with E-state index in [1.807, 2.05) is 0 Å². The van der Waals surface area contributed by atoms with Crippen molar-refractivity contribution in [2.45, 2.75) is 30.7 Å². The molecular formula is C19H19FN2O3S. The summed E-state index contributed by atoms with van der Waals surface area (Å²) in [6.45, 7) is 0.698. The number of fused-ring (bicyclic) bond motifs is 1. The van der Waals surface area contributed by atoms with Gasteiger partial charge in [0.25, 0.3) is 0 Å². The number of carbonyl (C=O) groups excluding carboxylic acids is 1. The van der Waals surface area contributed by atoms with Gasteiger partial charge in [-0.3, -0.25) is 4.79 Å². The van der Waals surface area contributed by atoms with Crippen LogP contribution in [0.15, 0.2) is 47.4 Å². The van der Waals surface area contributed by atoms with Crippen LogP contribution in [0.3, 0.4) is 0 Å². The number of sulfonamides is 1. The van der Waals surface area contributed by atoms with Crippen molar-refractivity contribution in [3.63, 3.8) is 0 Å². The number of halogens is 1. The fourth-order valence-corrected chi connectivity index (χ4v) is 4.26. The highest BCUT2D eigenvalue weighted by molar-refractivity contribution is 7.89. The molecule has 4 rings (SSSR count). The average molecular weight is 374 g/mol. The van der Waals surface area contributed by atoms with Crippen LogP contribution in [-0.2, 0) is 27.8 Å². The standard InChI is InChI=1S/C19H19FN2O3S/c20-16-5-1-13(2-6-16)12-21-26(24,25)17-7-8-18-15(11-17)9-10-22(18)19(23)14-3-4-14/h1-2,5-8,11,14,21H,3-4,9-10,12H2. The van der Waals surface area contributed by atoms with Crippen molar-refractivity contribution in [2.75, 3.05) is 11.4 Å². The van der Waals surface area contributed by atoms with Crippen LogP contribution >= 0.6 is 0 Å². The van der Waals surface area contributed by atoms with E-state index in [9.17, 15) is 17.6 Å². The summed E-state index contributed by atoms with van der Waals surface area (Å²) in [5.74, 6) is -0.0731. The molecule has 7 heteroatoms. The Morgan fingerprint density at radius 2 is 1.88 bits per heavy atom. The Kier molecular flexibility index (Phi) is 4.28. The molecule has 2 aromatic carbocycles. The first-order chi connectivity index (χ1) is 12.4. The molecule has 1 N–H and O–H groups in total. The van der Waals surface area contributed by atoms with Crippen LogP contribution in [0.4, 0.5) is 10.1 Å². The van der Waals surface area contributed by atoms with E-state index in [1.54, 1.807) is 29.2 Å². The second-order valence-electron chi connectivity index (χ2n) is 6.76. The molecule has 0 unspecified atom stereocenters. The highest BCUT2D eigenvalue weighted by Crippen LogP contribution is 2.37. The van der Waals surface area contributed by atoms with Crippen LogP contribution in [-0.4, -0.2) is 20.9 Å². The number of nitrogens with zero attached hydrogens (tertiary/aromatic N) is 1. The Morgan fingerprint density at radius 3 is 2.58 bits per heavy atom. The van der Waals surface area contributed by atoms with Gasteiger partial charge in [-0.25, -0.2) is 17.5 Å². The van der Waals surface area contributed by atoms with E-state index in [2.05, 4.69) is 4.72 Å². The maximum atomic E-state index is 12.9. The van der Waals surface area contributed by atoms with Gasteiger partial charge in [-0.05, 0) is 60.7 Å². The Hall–Kier alpha value is -2.25. The number of amides is 1. The highest BCUT2D eigenvalue weighted by atomic mass is 32.2. The molecule has 1 aliphatic heterocycles. The van der Waals surface area contributed by atoms with Crippen molar-refractivity contribution in [3.05, 3.63) is 59.4 Å². The molecule has 0 saturated heterocycles. The maximum Gasteiger partial charge on any atom is 0.240 e. The Bertz CT molecular complexity index is 953. The Balaban J connectivity index is 1.50. The van der Waals surface area contributed by atoms with Gasteiger partial charge in [0.05, 0.1) is 4.90 Å². The summed E-state index contributed by atoms with van der Waals surface area (Å²) >= 11 is 0. The number of hydrogen-bond donors (Lipinski definition) is 1. The van der Waals surface area contributed by atoms with Crippen LogP contribution in [0.5, 0.6) is 0 Å². The first-order valence-electron chi connectivity index (χ1n) is 8.62. The minimum Gasteiger partial charge on any atom is -0.312 e. The van der Waals surface area contributed by atoms with E-state index in [-0.39, 0.29) is 29.1 Å². The number of carbonyl (C=O) groups is 1. The topological polar surface area (TPSA) is 66.5 Å². The minimum atomic E-state index is -3.68. The summed E-state index contributed by atoms with van der Waals surface area (Å²) in [5, 5.41) is 0. The quantitative estimate of drug-likeness (QED) is 0.875. The van der Waals surface area contributed by atoms with E-state index in [0.717, 1.165) is 24.1 Å². The molecule has 1 saturated carbocycles. The lowest BCUT2D eigenvalue weighted by Gasteiger charge is -2.17. The van der Waals surface area contributed by atoms with Crippen LogP contribution in [0.2, 0.25) is 0 Å². The van der Waals surface area contributed by atoms with E-state index >= 15 is 0 Å². The SMILES string of the molecule is O=C(C1CC1)N1CCc2cc(S(=O)(=O)NCc3ccc(F)cc3)ccc21. The third kappa shape index (κ3) is 3.37. The van der Waals surface area contributed by atoms with Gasteiger partial charge < -0.3 is 4.90 Å². The number of nitrogens with one attached hydrogen (secondary N) is 1. The first-order valence-corrected chi connectivity index (χ1v) is 10.1. The summed E-state index contributed by atoms with van der Waals surface area (Å²) in [7, 11) is -3.68. The molecule has 0 radical (unpaired) electrons. The molecule has 0 spiro atoms. The predicted octanol–water partition coefficient (Wildman–Crippen LogP) is 2.60. The summed E-state index contributed by atoms with van der Waals surface area (Å²) in [6.07, 6.45) is 2.56. The van der Waals surface area contributed by atoms with Crippen molar-refractivity contribution in [3.8, 4) is 0 Å². The average Bonchev–Trinajstić information content (AvgIpc) is 3.40. The van der Waals surface area contributed by atoms with E-state index in [1.165, 1.54) is 18.2 Å². The molecule has 5 nitrogen and oxygen atoms in total. The first kappa shape index (κ1) is 17.2. The molecule has 136 valence electrons. The molecule has 1 aliphatic carbocycles. The number of rotatable bonds is 5. The molecule has 1 fully saturated rings. The summed E-state index contributed by atoms with van der Waals surface area (Å²) in [5.41, 5.74) is 2.38. The van der Waals surface area contributed by atoms with Crippen LogP contribution in [0, 0.1) is 11.7 Å². The van der Waals surface area contributed by atoms with Gasteiger partial charge in [0.2, 0.25) is 15.9 Å². The van der Waals surface area contributed by atoms with Gasteiger partial charge in [-0.1, -0.05) is 12.1 Å². The van der Waals surface area contributed by atoms with Gasteiger partial charge >= 0.3 is 0 Å². The van der Waals surface area contributed by atoms with Crippen molar-refractivity contribution in [1.82, 2.24) is 4.72 Å². The third-order valence-corrected chi connectivity index (χ3v) is 6.23. The molecule has 1 heterocycles. The lowest BCUT2D eigenvalue weighted by atomic mass is 10.2. The van der Waals surface area contributed by atoms with Crippen LogP contribution in [0.1, 0.15) is 24.0 Å². The Morgan fingerprint density at radius 1 is 1.15 bits per heavy atom. The van der Waals surface area contributed by atoms with Crippen molar-refractivity contribution < 1.29 is 17.6 Å². The normalized spacial score (nSPS) is 16.6. The van der Waals surface area contributed by atoms with Crippen LogP contribution in [0.25, 0.3) is 0 Å². The summed E-state index contributed by atoms with van der Waals surface area (Å²) < 4.78 is 40.5. The molecule has 0 aromatic heterocycles. The zero-order valence-corrected chi connectivity index (χ0v) is 14.9. The predicted molar refractivity (Wildman–Crippen MR) is 95.6 cm³/mol. The van der Waals surface area contributed by atoms with E-state index in [4.69, 9.17) is 0 Å². The lowest BCUT2D eigenvalue weighted by molar-refractivity contribution is -0.119. The van der Waals surface area contributed by atoms with Crippen LogP contribution < -0.4 is 9.62 Å². The molecule has 2 aliphatic rings. The summed E-state index contributed by atoms with van der Waals surface area (Å²) in [4.78, 5) is 14.3. The molecule has 26 heavy (non-hydrogen) atoms. The lowest BCUT2D eigenvalue weighted by Crippen LogP contribution is -2.30. The van der Waals surface area contributed by atoms with Crippen molar-refractivity contribution >= 4 is 21.6 Å². The molecular weight excluding hydrogens is 355 g/mol. The highest BCUT2D eigenvalue weighted by Gasteiger charge is 2.36. The second-order valence-corrected chi connectivity index (χ2v) is 8.52. The van der Waals surface area contributed by atoms with Gasteiger partial charge in [-0.15, -0.1) is 0 Å². The Labute approximate surface area is 151 Å². The second kappa shape index (κ2) is 6.48. The zero-order chi connectivity index (χ0) is 18.3. The number of anilines is 1. The fraction of sp³-hybridized carbons (Fsp3) is 0.316. The van der Waals surface area contributed by atoms with Crippen molar-refractivity contribution in [2.24, 2.45) is 5.92 Å². The number of hydrogen-bond acceptors (Lipinski definition) is 3. The zero-order valence-electron chi connectivity index (χ0n) is 14.1. The molecule has 0 bridgehead atoms. The van der Waals surface area contributed by atoms with Gasteiger partial charge in [0, 0.05) is 24.7 Å². The van der Waals surface area contributed by atoms with Gasteiger partial charge in [-0.2, -0.15) is 0 Å². The van der Waals surface area contributed by atoms with E-state index < -0.39 is 10.0 Å². The smallest absolute Gasteiger partial charge is 0.240 e. The van der Waals surface area contributed by atoms with Gasteiger partial charge in [0.1, 0.15) is 5.82 Å². The maximum absolute atomic E-state index is 12.9. The third-order valence-electron chi connectivity index (χ3n) is 4.83. The van der Waals surface area contributed by atoms with Crippen molar-refractivity contribution in [1.29, 1.82) is 0 Å². The molecule has 1 amide bonds. The largest absolute Gasteiger partial charge is 0.312 e. The van der Waals surface area contributed by atoms with Gasteiger partial charge in [0.15, 0.2) is 0 Å². The molecule has 2 aromatic rings.